The number of benzene rings is 1. The van der Waals surface area contributed by atoms with E-state index in [1.165, 1.54) is 13.2 Å². The molecule has 0 spiro atoms. The SMILES string of the molecule is COC(=O)c1cc(C#N)c(OC)c(C2CC2)c1. The summed E-state index contributed by atoms with van der Waals surface area (Å²) in [6.45, 7) is 0. The van der Waals surface area contributed by atoms with E-state index in [0.717, 1.165) is 18.4 Å². The van der Waals surface area contributed by atoms with Gasteiger partial charge in [0, 0.05) is 0 Å². The first-order valence-corrected chi connectivity index (χ1v) is 5.41. The molecule has 4 nitrogen and oxygen atoms in total. The number of carbonyl (C=O) groups is 1. The third-order valence-corrected chi connectivity index (χ3v) is 2.88. The molecular formula is C13H13NO3. The van der Waals surface area contributed by atoms with E-state index in [1.54, 1.807) is 13.2 Å². The predicted molar refractivity (Wildman–Crippen MR) is 61.0 cm³/mol. The van der Waals surface area contributed by atoms with E-state index in [4.69, 9.17) is 10.00 Å². The first kappa shape index (κ1) is 11.5. The summed E-state index contributed by atoms with van der Waals surface area (Å²) in [6.07, 6.45) is 2.15. The fraction of sp³-hybridized carbons (Fsp3) is 0.385. The number of hydrogen-bond acceptors (Lipinski definition) is 4. The summed E-state index contributed by atoms with van der Waals surface area (Å²) in [4.78, 5) is 11.5. The second kappa shape index (κ2) is 4.46. The Morgan fingerprint density at radius 3 is 2.59 bits per heavy atom. The second-order valence-electron chi connectivity index (χ2n) is 4.02. The average Bonchev–Trinajstić information content (AvgIpc) is 3.20. The number of ether oxygens (including phenoxy) is 2. The molecule has 0 aliphatic heterocycles. The summed E-state index contributed by atoms with van der Waals surface area (Å²) < 4.78 is 9.94. The van der Waals surface area contributed by atoms with Gasteiger partial charge in [0.05, 0.1) is 25.3 Å². The van der Waals surface area contributed by atoms with E-state index in [9.17, 15) is 4.79 Å². The van der Waals surface area contributed by atoms with Gasteiger partial charge in [0.15, 0.2) is 0 Å². The minimum Gasteiger partial charge on any atom is -0.495 e. The second-order valence-corrected chi connectivity index (χ2v) is 4.02. The third kappa shape index (κ3) is 2.09. The molecule has 88 valence electrons. The number of carbonyl (C=O) groups excluding carboxylic acids is 1. The zero-order valence-corrected chi connectivity index (χ0v) is 9.82. The predicted octanol–water partition coefficient (Wildman–Crippen LogP) is 2.23. The molecule has 0 saturated heterocycles. The zero-order valence-electron chi connectivity index (χ0n) is 9.82. The molecule has 2 rings (SSSR count). The van der Waals surface area contributed by atoms with E-state index in [0.29, 0.717) is 22.8 Å². The fourth-order valence-electron chi connectivity index (χ4n) is 1.90. The third-order valence-electron chi connectivity index (χ3n) is 2.88. The number of nitrogens with zero attached hydrogens (tertiary/aromatic N) is 1. The van der Waals surface area contributed by atoms with Crippen molar-refractivity contribution in [2.45, 2.75) is 18.8 Å². The molecule has 0 bridgehead atoms. The summed E-state index contributed by atoms with van der Waals surface area (Å²) in [5, 5.41) is 9.07. The quantitative estimate of drug-likeness (QED) is 0.748. The van der Waals surface area contributed by atoms with Crippen molar-refractivity contribution >= 4 is 5.97 Å². The highest BCUT2D eigenvalue weighted by Crippen LogP contribution is 2.45. The van der Waals surface area contributed by atoms with Gasteiger partial charge in [0.2, 0.25) is 0 Å². The van der Waals surface area contributed by atoms with Crippen molar-refractivity contribution in [1.82, 2.24) is 0 Å². The lowest BCUT2D eigenvalue weighted by atomic mass is 10.0. The Balaban J connectivity index is 2.55. The van der Waals surface area contributed by atoms with Crippen molar-refractivity contribution in [3.8, 4) is 11.8 Å². The Labute approximate surface area is 99.8 Å². The first-order chi connectivity index (χ1) is 8.21. The van der Waals surface area contributed by atoms with Crippen molar-refractivity contribution in [2.24, 2.45) is 0 Å². The minimum absolute atomic E-state index is 0.386. The lowest BCUT2D eigenvalue weighted by Gasteiger charge is -2.11. The van der Waals surface area contributed by atoms with Crippen molar-refractivity contribution < 1.29 is 14.3 Å². The smallest absolute Gasteiger partial charge is 0.337 e. The Hall–Kier alpha value is -2.02. The summed E-state index contributed by atoms with van der Waals surface area (Å²) in [5.41, 5.74) is 1.73. The van der Waals surface area contributed by atoms with Gasteiger partial charge >= 0.3 is 5.97 Å². The topological polar surface area (TPSA) is 59.3 Å². The lowest BCUT2D eigenvalue weighted by Crippen LogP contribution is -2.04. The van der Waals surface area contributed by atoms with E-state index in [-0.39, 0.29) is 0 Å². The molecule has 4 heteroatoms. The fourth-order valence-corrected chi connectivity index (χ4v) is 1.90. The average molecular weight is 231 g/mol. The van der Waals surface area contributed by atoms with Crippen LogP contribution in [0, 0.1) is 11.3 Å². The molecule has 1 aliphatic carbocycles. The van der Waals surface area contributed by atoms with E-state index < -0.39 is 5.97 Å². The van der Waals surface area contributed by atoms with Gasteiger partial charge < -0.3 is 9.47 Å². The Bertz CT molecular complexity index is 498. The van der Waals surface area contributed by atoms with Gasteiger partial charge in [-0.05, 0) is 36.5 Å². The van der Waals surface area contributed by atoms with Crippen molar-refractivity contribution in [2.75, 3.05) is 14.2 Å². The van der Waals surface area contributed by atoms with Crippen LogP contribution in [0.5, 0.6) is 5.75 Å². The molecule has 1 aromatic carbocycles. The molecule has 0 aromatic heterocycles. The molecule has 0 atom stereocenters. The van der Waals surface area contributed by atoms with Crippen LogP contribution in [0.2, 0.25) is 0 Å². The summed E-state index contributed by atoms with van der Waals surface area (Å²) in [7, 11) is 2.87. The highest BCUT2D eigenvalue weighted by atomic mass is 16.5. The van der Waals surface area contributed by atoms with Crippen LogP contribution in [-0.4, -0.2) is 20.2 Å². The summed E-state index contributed by atoms with van der Waals surface area (Å²) in [5.74, 6) is 0.565. The normalized spacial score (nSPS) is 13.9. The van der Waals surface area contributed by atoms with Crippen LogP contribution in [0.25, 0.3) is 0 Å². The van der Waals surface area contributed by atoms with Gasteiger partial charge in [0.1, 0.15) is 11.8 Å². The molecule has 0 N–H and O–H groups in total. The van der Waals surface area contributed by atoms with Crippen LogP contribution < -0.4 is 4.74 Å². The Morgan fingerprint density at radius 2 is 2.12 bits per heavy atom. The van der Waals surface area contributed by atoms with Crippen molar-refractivity contribution in [1.29, 1.82) is 5.26 Å². The number of esters is 1. The van der Waals surface area contributed by atoms with E-state index in [1.807, 2.05) is 0 Å². The van der Waals surface area contributed by atoms with Gasteiger partial charge in [-0.15, -0.1) is 0 Å². The molecular weight excluding hydrogens is 218 g/mol. The maximum absolute atomic E-state index is 11.5. The summed E-state index contributed by atoms with van der Waals surface area (Å²) >= 11 is 0. The standard InChI is InChI=1S/C13H13NO3/c1-16-12-10(7-14)5-9(13(15)17-2)6-11(12)8-3-4-8/h5-6,8H,3-4H2,1-2H3. The van der Waals surface area contributed by atoms with Crippen LogP contribution in [0.3, 0.4) is 0 Å². The van der Waals surface area contributed by atoms with Crippen LogP contribution >= 0.6 is 0 Å². The highest BCUT2D eigenvalue weighted by Gasteiger charge is 2.29. The highest BCUT2D eigenvalue weighted by molar-refractivity contribution is 5.90. The molecule has 1 saturated carbocycles. The summed E-state index contributed by atoms with van der Waals surface area (Å²) in [6, 6.07) is 5.33. The van der Waals surface area contributed by atoms with Gasteiger partial charge in [-0.2, -0.15) is 5.26 Å². The first-order valence-electron chi connectivity index (χ1n) is 5.41. The maximum atomic E-state index is 11.5. The Kier molecular flexibility index (Phi) is 3.01. The lowest BCUT2D eigenvalue weighted by molar-refractivity contribution is 0.0600. The van der Waals surface area contributed by atoms with Gasteiger partial charge in [-0.1, -0.05) is 0 Å². The minimum atomic E-state index is -0.425. The van der Waals surface area contributed by atoms with E-state index in [2.05, 4.69) is 10.8 Å². The van der Waals surface area contributed by atoms with Crippen molar-refractivity contribution in [3.05, 3.63) is 28.8 Å². The van der Waals surface area contributed by atoms with Crippen LogP contribution in [-0.2, 0) is 4.74 Å². The number of methoxy groups -OCH3 is 2. The molecule has 0 amide bonds. The molecule has 1 aromatic rings. The number of nitriles is 1. The molecule has 0 unspecified atom stereocenters. The number of rotatable bonds is 3. The van der Waals surface area contributed by atoms with Crippen LogP contribution in [0.4, 0.5) is 0 Å². The molecule has 1 fully saturated rings. The van der Waals surface area contributed by atoms with Gasteiger partial charge in [-0.25, -0.2) is 4.79 Å². The van der Waals surface area contributed by atoms with Gasteiger partial charge in [0.25, 0.3) is 0 Å². The largest absolute Gasteiger partial charge is 0.495 e. The maximum Gasteiger partial charge on any atom is 0.337 e. The molecule has 17 heavy (non-hydrogen) atoms. The van der Waals surface area contributed by atoms with E-state index >= 15 is 0 Å². The van der Waals surface area contributed by atoms with Crippen molar-refractivity contribution in [3.63, 3.8) is 0 Å². The van der Waals surface area contributed by atoms with Gasteiger partial charge in [-0.3, -0.25) is 0 Å². The van der Waals surface area contributed by atoms with Crippen LogP contribution in [0.1, 0.15) is 40.2 Å². The molecule has 1 aliphatic rings. The molecule has 0 radical (unpaired) electrons. The number of hydrogen-bond donors (Lipinski definition) is 0. The monoisotopic (exact) mass is 231 g/mol. The zero-order chi connectivity index (χ0) is 12.4. The molecule has 0 heterocycles. The Morgan fingerprint density at radius 1 is 1.41 bits per heavy atom. The van der Waals surface area contributed by atoms with Crippen LogP contribution in [0.15, 0.2) is 12.1 Å².